The molecule has 0 heterocycles. The van der Waals surface area contributed by atoms with Crippen LogP contribution in [0.1, 0.15) is 13.3 Å². The molecular weight excluding hydrogens is 129 g/mol. The molecule has 0 bridgehead atoms. The molecule has 0 aliphatic carbocycles. The van der Waals surface area contributed by atoms with Gasteiger partial charge in [0.25, 0.3) is 0 Å². The Bertz CT molecular complexity index is 159. The molecule has 4 heteroatoms. The fourth-order valence-corrected chi connectivity index (χ4v) is 1.03. The molecule has 0 aliphatic rings. The van der Waals surface area contributed by atoms with Crippen LogP contribution in [0.15, 0.2) is 4.36 Å². The van der Waals surface area contributed by atoms with Gasteiger partial charge in [-0.05, 0) is 6.42 Å². The van der Waals surface area contributed by atoms with E-state index in [1.807, 2.05) is 0 Å². The Kier molecular flexibility index (Phi) is 2.97. The van der Waals surface area contributed by atoms with Crippen molar-refractivity contribution in [3.63, 3.8) is 0 Å². The second-order valence-electron chi connectivity index (χ2n) is 1.45. The predicted octanol–water partition coefficient (Wildman–Crippen LogP) is 1.38. The lowest BCUT2D eigenvalue weighted by molar-refractivity contribution is 0.636. The molecular formula is C4H10FNOS. The molecule has 1 unspecified atom stereocenters. The minimum Gasteiger partial charge on any atom is -0.217 e. The zero-order valence-electron chi connectivity index (χ0n) is 5.06. The minimum absolute atomic E-state index is 0.0590. The lowest BCUT2D eigenvalue weighted by Gasteiger charge is -1.90. The molecule has 0 aromatic heterocycles. The summed E-state index contributed by atoms with van der Waals surface area (Å²) in [6.45, 7) is 1.77. The zero-order valence-corrected chi connectivity index (χ0v) is 5.87. The third-order valence-corrected chi connectivity index (χ3v) is 2.19. The number of hydrogen-bond donors (Lipinski definition) is 0. The Morgan fingerprint density at radius 1 is 1.75 bits per heavy atom. The van der Waals surface area contributed by atoms with Crippen molar-refractivity contribution in [2.45, 2.75) is 13.3 Å². The Morgan fingerprint density at radius 2 is 2.25 bits per heavy atom. The average Bonchev–Trinajstić information content (AvgIpc) is 1.67. The largest absolute Gasteiger partial charge is 0.217 e. The molecule has 0 aromatic carbocycles. The SMILES string of the molecule is CCCS(=O)(F)=NC. The molecule has 0 aliphatic heterocycles. The van der Waals surface area contributed by atoms with E-state index in [2.05, 4.69) is 4.36 Å². The summed E-state index contributed by atoms with van der Waals surface area (Å²) in [5.74, 6) is 0.0590. The summed E-state index contributed by atoms with van der Waals surface area (Å²) in [5, 5.41) is 0. The van der Waals surface area contributed by atoms with Gasteiger partial charge in [0.05, 0.1) is 5.75 Å². The molecule has 0 radical (unpaired) electrons. The highest BCUT2D eigenvalue weighted by Gasteiger charge is 1.99. The fraction of sp³-hybridized carbons (Fsp3) is 1.00. The Morgan fingerprint density at radius 3 is 2.38 bits per heavy atom. The maximum absolute atomic E-state index is 12.2. The van der Waals surface area contributed by atoms with Gasteiger partial charge in [-0.2, -0.15) is 0 Å². The first-order chi connectivity index (χ1) is 3.62. The van der Waals surface area contributed by atoms with Gasteiger partial charge in [0.1, 0.15) is 0 Å². The van der Waals surface area contributed by atoms with E-state index in [0.29, 0.717) is 6.42 Å². The molecule has 0 aromatic rings. The van der Waals surface area contributed by atoms with Crippen LogP contribution >= 0.6 is 0 Å². The highest BCUT2D eigenvalue weighted by atomic mass is 32.3. The molecule has 50 valence electrons. The summed E-state index contributed by atoms with van der Waals surface area (Å²) in [6.07, 6.45) is 0.576. The van der Waals surface area contributed by atoms with E-state index in [1.165, 1.54) is 7.05 Å². The Hall–Kier alpha value is -0.120. The smallest absolute Gasteiger partial charge is 0.201 e. The normalized spacial score (nSPS) is 17.4. The predicted molar refractivity (Wildman–Crippen MR) is 32.8 cm³/mol. The van der Waals surface area contributed by atoms with Crippen LogP contribution in [0.3, 0.4) is 0 Å². The van der Waals surface area contributed by atoms with Crippen molar-refractivity contribution in [3.8, 4) is 0 Å². The Labute approximate surface area is 49.6 Å². The fourth-order valence-electron chi connectivity index (χ4n) is 0.343. The summed E-state index contributed by atoms with van der Waals surface area (Å²) >= 11 is 0. The van der Waals surface area contributed by atoms with Crippen LogP contribution in [0.2, 0.25) is 0 Å². The molecule has 0 fully saturated rings. The third-order valence-electron chi connectivity index (χ3n) is 0.729. The van der Waals surface area contributed by atoms with E-state index >= 15 is 0 Å². The van der Waals surface area contributed by atoms with Gasteiger partial charge in [-0.3, -0.25) is 0 Å². The molecule has 0 saturated carbocycles. The molecule has 0 rings (SSSR count). The summed E-state index contributed by atoms with van der Waals surface area (Å²) in [4.78, 5) is 0. The van der Waals surface area contributed by atoms with Crippen molar-refractivity contribution in [1.29, 1.82) is 0 Å². The van der Waals surface area contributed by atoms with E-state index in [9.17, 15) is 8.09 Å². The van der Waals surface area contributed by atoms with Crippen molar-refractivity contribution in [2.75, 3.05) is 12.8 Å². The first-order valence-corrected chi connectivity index (χ1v) is 4.03. The molecule has 0 saturated heterocycles. The van der Waals surface area contributed by atoms with Crippen molar-refractivity contribution in [2.24, 2.45) is 4.36 Å². The second kappa shape index (κ2) is 3.02. The summed E-state index contributed by atoms with van der Waals surface area (Å²) < 4.78 is 25.6. The van der Waals surface area contributed by atoms with Gasteiger partial charge < -0.3 is 0 Å². The zero-order chi connectivity index (χ0) is 6.62. The lowest BCUT2D eigenvalue weighted by atomic mass is 10.6. The van der Waals surface area contributed by atoms with Gasteiger partial charge in [0.15, 0.2) is 0 Å². The van der Waals surface area contributed by atoms with E-state index in [4.69, 9.17) is 0 Å². The number of hydrogen-bond acceptors (Lipinski definition) is 2. The number of halogens is 1. The first kappa shape index (κ1) is 7.88. The van der Waals surface area contributed by atoms with Crippen molar-refractivity contribution in [1.82, 2.24) is 0 Å². The van der Waals surface area contributed by atoms with Crippen molar-refractivity contribution in [3.05, 3.63) is 0 Å². The monoisotopic (exact) mass is 139 g/mol. The maximum atomic E-state index is 12.2. The van der Waals surface area contributed by atoms with Crippen molar-refractivity contribution < 1.29 is 8.09 Å². The van der Waals surface area contributed by atoms with Gasteiger partial charge in [-0.15, -0.1) is 3.89 Å². The topological polar surface area (TPSA) is 29.4 Å². The van der Waals surface area contributed by atoms with E-state index in [0.717, 1.165) is 0 Å². The minimum atomic E-state index is -3.29. The molecule has 8 heavy (non-hydrogen) atoms. The van der Waals surface area contributed by atoms with Gasteiger partial charge in [0, 0.05) is 7.05 Å². The average molecular weight is 139 g/mol. The highest BCUT2D eigenvalue weighted by Crippen LogP contribution is 1.97. The summed E-state index contributed by atoms with van der Waals surface area (Å²) in [6, 6.07) is 0. The number of rotatable bonds is 2. The van der Waals surface area contributed by atoms with Crippen LogP contribution < -0.4 is 0 Å². The van der Waals surface area contributed by atoms with E-state index < -0.39 is 10.1 Å². The van der Waals surface area contributed by atoms with Gasteiger partial charge in [-0.1, -0.05) is 6.92 Å². The van der Waals surface area contributed by atoms with Gasteiger partial charge >= 0.3 is 0 Å². The second-order valence-corrected chi connectivity index (χ2v) is 3.35. The van der Waals surface area contributed by atoms with Crippen LogP contribution in [0.4, 0.5) is 3.89 Å². The maximum Gasteiger partial charge on any atom is 0.201 e. The summed E-state index contributed by atoms with van der Waals surface area (Å²) in [5.41, 5.74) is 0. The van der Waals surface area contributed by atoms with Crippen LogP contribution in [0, 0.1) is 0 Å². The number of nitrogens with zero attached hydrogens (tertiary/aromatic N) is 1. The summed E-state index contributed by atoms with van der Waals surface area (Å²) in [7, 11) is -2.06. The first-order valence-electron chi connectivity index (χ1n) is 2.45. The highest BCUT2D eigenvalue weighted by molar-refractivity contribution is 7.88. The van der Waals surface area contributed by atoms with Crippen LogP contribution in [-0.4, -0.2) is 17.0 Å². The molecule has 2 nitrogen and oxygen atoms in total. The molecule has 0 amide bonds. The molecule has 0 N–H and O–H groups in total. The van der Waals surface area contributed by atoms with Crippen LogP contribution in [-0.2, 0) is 10.1 Å². The van der Waals surface area contributed by atoms with Gasteiger partial charge in [0.2, 0.25) is 10.1 Å². The van der Waals surface area contributed by atoms with E-state index in [1.54, 1.807) is 6.92 Å². The van der Waals surface area contributed by atoms with E-state index in [-0.39, 0.29) is 5.75 Å². The van der Waals surface area contributed by atoms with Crippen molar-refractivity contribution >= 4 is 10.1 Å². The Balaban J connectivity index is 3.96. The molecule has 1 atom stereocenters. The van der Waals surface area contributed by atoms with Crippen LogP contribution in [0.5, 0.6) is 0 Å². The van der Waals surface area contributed by atoms with Gasteiger partial charge in [-0.25, -0.2) is 8.57 Å². The van der Waals surface area contributed by atoms with Crippen LogP contribution in [0.25, 0.3) is 0 Å². The third kappa shape index (κ3) is 2.96. The quantitative estimate of drug-likeness (QED) is 0.531. The standard InChI is InChI=1S/C4H10FNOS/c1-3-4-8(5,7)6-2/h3-4H2,1-2H3. The lowest BCUT2D eigenvalue weighted by Crippen LogP contribution is -1.95. The molecule has 0 spiro atoms.